The second-order valence-electron chi connectivity index (χ2n) is 5.31. The molecule has 0 bridgehead atoms. The summed E-state index contributed by atoms with van der Waals surface area (Å²) in [7, 11) is 0. The monoisotopic (exact) mass is 259 g/mol. The normalized spacial score (nSPS) is 17.1. The highest BCUT2D eigenvalue weighted by atomic mass is 16.3. The molecule has 2 heterocycles. The van der Waals surface area contributed by atoms with Gasteiger partial charge in [-0.1, -0.05) is 6.07 Å². The Balaban J connectivity index is 1.43. The average molecular weight is 259 g/mol. The number of fused-ring (bicyclic) bond motifs is 1. The van der Waals surface area contributed by atoms with E-state index in [1.54, 1.807) is 0 Å². The first-order chi connectivity index (χ1) is 9.42. The smallest absolute Gasteiger partial charge is 0.181 e. The van der Waals surface area contributed by atoms with Crippen molar-refractivity contribution >= 4 is 11.1 Å². The SMILES string of the molecule is c1nc2ccc(CNCCC3CCNCC3)cc2o1. The van der Waals surface area contributed by atoms with Crippen LogP contribution in [0, 0.1) is 5.92 Å². The molecular formula is C15H21N3O. The van der Waals surface area contributed by atoms with Crippen LogP contribution in [0.2, 0.25) is 0 Å². The minimum atomic E-state index is 0.873. The number of aromatic nitrogens is 1. The zero-order valence-electron chi connectivity index (χ0n) is 11.2. The Bertz CT molecular complexity index is 517. The second kappa shape index (κ2) is 6.17. The number of benzene rings is 1. The summed E-state index contributed by atoms with van der Waals surface area (Å²) in [6, 6.07) is 6.20. The summed E-state index contributed by atoms with van der Waals surface area (Å²) in [5.74, 6) is 0.894. The minimum Gasteiger partial charge on any atom is -0.443 e. The molecule has 0 aliphatic carbocycles. The van der Waals surface area contributed by atoms with Crippen LogP contribution in [-0.2, 0) is 6.54 Å². The van der Waals surface area contributed by atoms with Crippen LogP contribution < -0.4 is 10.6 Å². The van der Waals surface area contributed by atoms with Crippen molar-refractivity contribution in [1.29, 1.82) is 0 Å². The number of nitrogens with one attached hydrogen (secondary N) is 2. The lowest BCUT2D eigenvalue weighted by Crippen LogP contribution is -2.29. The van der Waals surface area contributed by atoms with Crippen LogP contribution in [0.25, 0.3) is 11.1 Å². The molecule has 1 aliphatic rings. The number of hydrogen-bond donors (Lipinski definition) is 2. The third-order valence-electron chi connectivity index (χ3n) is 3.91. The standard InChI is InChI=1S/C15H21N3O/c1-2-14-15(19-11-18-14)9-13(1)10-17-8-5-12-3-6-16-7-4-12/h1-2,9,11-12,16-17H,3-8,10H2. The Morgan fingerprint density at radius 1 is 1.32 bits per heavy atom. The van der Waals surface area contributed by atoms with E-state index in [-0.39, 0.29) is 0 Å². The average Bonchev–Trinajstić information content (AvgIpc) is 2.92. The van der Waals surface area contributed by atoms with Crippen LogP contribution in [0.3, 0.4) is 0 Å². The van der Waals surface area contributed by atoms with E-state index in [1.807, 2.05) is 6.07 Å². The molecule has 0 unspecified atom stereocenters. The van der Waals surface area contributed by atoms with Gasteiger partial charge in [-0.2, -0.15) is 0 Å². The van der Waals surface area contributed by atoms with Gasteiger partial charge in [0.1, 0.15) is 5.52 Å². The topological polar surface area (TPSA) is 50.1 Å². The molecule has 0 amide bonds. The van der Waals surface area contributed by atoms with E-state index in [4.69, 9.17) is 4.42 Å². The van der Waals surface area contributed by atoms with Gasteiger partial charge in [-0.3, -0.25) is 0 Å². The van der Waals surface area contributed by atoms with Crippen molar-refractivity contribution < 1.29 is 4.42 Å². The van der Waals surface area contributed by atoms with Crippen LogP contribution >= 0.6 is 0 Å². The number of hydrogen-bond acceptors (Lipinski definition) is 4. The van der Waals surface area contributed by atoms with Crippen molar-refractivity contribution in [3.8, 4) is 0 Å². The molecule has 1 aliphatic heterocycles. The Morgan fingerprint density at radius 2 is 2.21 bits per heavy atom. The van der Waals surface area contributed by atoms with Gasteiger partial charge in [-0.05, 0) is 62.5 Å². The van der Waals surface area contributed by atoms with Gasteiger partial charge in [0, 0.05) is 6.54 Å². The number of piperidine rings is 1. The van der Waals surface area contributed by atoms with Crippen molar-refractivity contribution in [2.75, 3.05) is 19.6 Å². The van der Waals surface area contributed by atoms with E-state index in [0.29, 0.717) is 0 Å². The minimum absolute atomic E-state index is 0.873. The summed E-state index contributed by atoms with van der Waals surface area (Å²) in [4.78, 5) is 4.12. The molecule has 1 aromatic carbocycles. The summed E-state index contributed by atoms with van der Waals surface area (Å²) < 4.78 is 5.31. The van der Waals surface area contributed by atoms with Crippen LogP contribution in [0.1, 0.15) is 24.8 Å². The van der Waals surface area contributed by atoms with E-state index in [9.17, 15) is 0 Å². The largest absolute Gasteiger partial charge is 0.443 e. The molecule has 0 spiro atoms. The van der Waals surface area contributed by atoms with Crippen LogP contribution in [0.15, 0.2) is 29.0 Å². The van der Waals surface area contributed by atoms with Crippen LogP contribution in [0.4, 0.5) is 0 Å². The van der Waals surface area contributed by atoms with Gasteiger partial charge in [-0.25, -0.2) is 4.98 Å². The fourth-order valence-electron chi connectivity index (χ4n) is 2.72. The predicted octanol–water partition coefficient (Wildman–Crippen LogP) is 2.31. The first-order valence-corrected chi connectivity index (χ1v) is 7.15. The zero-order chi connectivity index (χ0) is 12.9. The predicted molar refractivity (Wildman–Crippen MR) is 75.9 cm³/mol. The number of nitrogens with zero attached hydrogens (tertiary/aromatic N) is 1. The number of rotatable bonds is 5. The van der Waals surface area contributed by atoms with Crippen LogP contribution in [0.5, 0.6) is 0 Å². The van der Waals surface area contributed by atoms with E-state index >= 15 is 0 Å². The molecule has 1 fully saturated rings. The van der Waals surface area contributed by atoms with Crippen molar-refractivity contribution in [3.05, 3.63) is 30.2 Å². The van der Waals surface area contributed by atoms with Gasteiger partial charge >= 0.3 is 0 Å². The van der Waals surface area contributed by atoms with Gasteiger partial charge in [0.25, 0.3) is 0 Å². The van der Waals surface area contributed by atoms with Gasteiger partial charge in [0.2, 0.25) is 0 Å². The Kier molecular flexibility index (Phi) is 4.10. The van der Waals surface area contributed by atoms with Gasteiger partial charge in [0.05, 0.1) is 0 Å². The molecule has 4 heteroatoms. The third-order valence-corrected chi connectivity index (χ3v) is 3.91. The second-order valence-corrected chi connectivity index (χ2v) is 5.31. The fraction of sp³-hybridized carbons (Fsp3) is 0.533. The van der Waals surface area contributed by atoms with Crippen LogP contribution in [-0.4, -0.2) is 24.6 Å². The van der Waals surface area contributed by atoms with Gasteiger partial charge in [-0.15, -0.1) is 0 Å². The molecule has 19 heavy (non-hydrogen) atoms. The highest BCUT2D eigenvalue weighted by Gasteiger charge is 2.11. The lowest BCUT2D eigenvalue weighted by atomic mass is 9.95. The summed E-state index contributed by atoms with van der Waals surface area (Å²) in [5.41, 5.74) is 3.06. The Labute approximate surface area is 113 Å². The van der Waals surface area contributed by atoms with E-state index < -0.39 is 0 Å². The first kappa shape index (κ1) is 12.6. The number of oxazole rings is 1. The van der Waals surface area contributed by atoms with E-state index in [2.05, 4.69) is 27.8 Å². The van der Waals surface area contributed by atoms with Crippen molar-refractivity contribution in [2.45, 2.75) is 25.8 Å². The summed E-state index contributed by atoms with van der Waals surface area (Å²) in [5, 5.41) is 6.93. The Morgan fingerprint density at radius 3 is 3.11 bits per heavy atom. The molecular weight excluding hydrogens is 238 g/mol. The molecule has 3 rings (SSSR count). The lowest BCUT2D eigenvalue weighted by Gasteiger charge is -2.22. The third kappa shape index (κ3) is 3.33. The molecule has 0 saturated carbocycles. The molecule has 1 saturated heterocycles. The van der Waals surface area contributed by atoms with Crippen molar-refractivity contribution in [1.82, 2.24) is 15.6 Å². The molecule has 0 atom stereocenters. The van der Waals surface area contributed by atoms with E-state index in [1.165, 1.54) is 44.3 Å². The summed E-state index contributed by atoms with van der Waals surface area (Å²) in [6.45, 7) is 4.38. The quantitative estimate of drug-likeness (QED) is 0.809. The van der Waals surface area contributed by atoms with Crippen molar-refractivity contribution in [2.24, 2.45) is 5.92 Å². The maximum Gasteiger partial charge on any atom is 0.181 e. The molecule has 4 nitrogen and oxygen atoms in total. The highest BCUT2D eigenvalue weighted by Crippen LogP contribution is 2.16. The highest BCUT2D eigenvalue weighted by molar-refractivity contribution is 5.72. The zero-order valence-corrected chi connectivity index (χ0v) is 11.2. The van der Waals surface area contributed by atoms with Crippen molar-refractivity contribution in [3.63, 3.8) is 0 Å². The van der Waals surface area contributed by atoms with Gasteiger partial charge < -0.3 is 15.1 Å². The molecule has 0 radical (unpaired) electrons. The van der Waals surface area contributed by atoms with E-state index in [0.717, 1.165) is 30.1 Å². The Hall–Kier alpha value is -1.39. The first-order valence-electron chi connectivity index (χ1n) is 7.15. The molecule has 2 aromatic rings. The molecule has 102 valence electrons. The summed E-state index contributed by atoms with van der Waals surface area (Å²) >= 11 is 0. The maximum atomic E-state index is 5.31. The van der Waals surface area contributed by atoms with Gasteiger partial charge in [0.15, 0.2) is 12.0 Å². The molecule has 2 N–H and O–H groups in total. The molecule has 1 aromatic heterocycles. The summed E-state index contributed by atoms with van der Waals surface area (Å²) in [6.07, 6.45) is 5.43. The maximum absolute atomic E-state index is 5.31. The fourth-order valence-corrected chi connectivity index (χ4v) is 2.72. The lowest BCUT2D eigenvalue weighted by molar-refractivity contribution is 0.348.